The summed E-state index contributed by atoms with van der Waals surface area (Å²) in [4.78, 5) is 35.0. The predicted molar refractivity (Wildman–Crippen MR) is 92.1 cm³/mol. The summed E-state index contributed by atoms with van der Waals surface area (Å²) in [6.07, 6.45) is -0.00548. The van der Waals surface area contributed by atoms with E-state index in [-0.39, 0.29) is 23.8 Å². The molecule has 0 bridgehead atoms. The first-order valence-corrected chi connectivity index (χ1v) is 7.46. The van der Waals surface area contributed by atoms with Crippen LogP contribution in [-0.4, -0.2) is 37.0 Å². The molecule has 0 aliphatic rings. The maximum atomic E-state index is 12.3. The first kappa shape index (κ1) is 18.0. The van der Waals surface area contributed by atoms with Gasteiger partial charge in [0.25, 0.3) is 5.91 Å². The van der Waals surface area contributed by atoms with Crippen LogP contribution in [0.2, 0.25) is 0 Å². The number of benzene rings is 2. The minimum absolute atomic E-state index is 0.00548. The number of carbonyl (C=O) groups excluding carboxylic acids is 2. The van der Waals surface area contributed by atoms with Crippen molar-refractivity contribution >= 4 is 23.5 Å². The monoisotopic (exact) mass is 342 g/mol. The van der Waals surface area contributed by atoms with Gasteiger partial charge in [-0.1, -0.05) is 12.1 Å². The Bertz CT molecular complexity index is 817. The number of carboxylic acid groups (broad SMARTS) is 1. The van der Waals surface area contributed by atoms with Gasteiger partial charge in [0, 0.05) is 12.6 Å². The van der Waals surface area contributed by atoms with Gasteiger partial charge in [0.15, 0.2) is 0 Å². The zero-order chi connectivity index (χ0) is 18.4. The van der Waals surface area contributed by atoms with E-state index in [1.165, 1.54) is 32.4 Å². The van der Waals surface area contributed by atoms with Crippen LogP contribution in [0.5, 0.6) is 5.75 Å². The zero-order valence-corrected chi connectivity index (χ0v) is 13.8. The van der Waals surface area contributed by atoms with Crippen molar-refractivity contribution in [2.75, 3.05) is 19.5 Å². The zero-order valence-electron chi connectivity index (χ0n) is 13.8. The van der Waals surface area contributed by atoms with Gasteiger partial charge in [-0.05, 0) is 35.9 Å². The van der Waals surface area contributed by atoms with E-state index >= 15 is 0 Å². The van der Waals surface area contributed by atoms with E-state index in [0.717, 1.165) is 0 Å². The summed E-state index contributed by atoms with van der Waals surface area (Å²) in [5.74, 6) is -1.27. The molecule has 25 heavy (non-hydrogen) atoms. The Kier molecular flexibility index (Phi) is 5.73. The largest absolute Gasteiger partial charge is 0.495 e. The van der Waals surface area contributed by atoms with Gasteiger partial charge >= 0.3 is 5.97 Å². The molecule has 0 spiro atoms. The molecule has 7 heteroatoms. The lowest BCUT2D eigenvalue weighted by atomic mass is 10.1. The number of anilines is 1. The van der Waals surface area contributed by atoms with Crippen molar-refractivity contribution in [2.45, 2.75) is 6.42 Å². The molecule has 130 valence electrons. The Morgan fingerprint density at radius 1 is 1.08 bits per heavy atom. The van der Waals surface area contributed by atoms with Crippen LogP contribution >= 0.6 is 0 Å². The minimum atomic E-state index is -1.05. The number of carbonyl (C=O) groups is 3. The predicted octanol–water partition coefficient (Wildman–Crippen LogP) is 1.93. The van der Waals surface area contributed by atoms with Crippen LogP contribution in [0, 0.1) is 0 Å². The minimum Gasteiger partial charge on any atom is -0.495 e. The fourth-order valence-electron chi connectivity index (χ4n) is 2.29. The van der Waals surface area contributed by atoms with Gasteiger partial charge in [0.1, 0.15) is 5.75 Å². The summed E-state index contributed by atoms with van der Waals surface area (Å²) in [6.45, 7) is 0. The molecule has 2 amide bonds. The first-order chi connectivity index (χ1) is 11.9. The third-order valence-corrected chi connectivity index (χ3v) is 3.50. The highest BCUT2D eigenvalue weighted by Gasteiger charge is 2.13. The summed E-state index contributed by atoms with van der Waals surface area (Å²) in [7, 11) is 2.97. The standard InChI is InChI=1S/C18H18N2O5/c1-19-17(22)12-6-7-15(25-2)14(10-12)20-16(21)9-11-4-3-5-13(8-11)18(23)24/h3-8,10H,9H2,1-2H3,(H,19,22)(H,20,21)(H,23,24). The highest BCUT2D eigenvalue weighted by molar-refractivity contribution is 5.99. The van der Waals surface area contributed by atoms with Crippen LogP contribution in [0.1, 0.15) is 26.3 Å². The fraction of sp³-hybridized carbons (Fsp3) is 0.167. The third-order valence-electron chi connectivity index (χ3n) is 3.50. The Hall–Kier alpha value is -3.35. The molecule has 0 aliphatic heterocycles. The Labute approximate surface area is 144 Å². The molecule has 0 saturated heterocycles. The molecule has 0 aliphatic carbocycles. The van der Waals surface area contributed by atoms with Crippen molar-refractivity contribution in [3.05, 3.63) is 59.2 Å². The van der Waals surface area contributed by atoms with Gasteiger partial charge in [-0.25, -0.2) is 4.79 Å². The molecule has 3 N–H and O–H groups in total. The molecule has 0 heterocycles. The van der Waals surface area contributed by atoms with Crippen LogP contribution < -0.4 is 15.4 Å². The number of amides is 2. The van der Waals surface area contributed by atoms with E-state index in [2.05, 4.69) is 10.6 Å². The van der Waals surface area contributed by atoms with Gasteiger partial charge in [0.2, 0.25) is 5.91 Å². The van der Waals surface area contributed by atoms with Crippen molar-refractivity contribution in [1.82, 2.24) is 5.32 Å². The maximum absolute atomic E-state index is 12.3. The topological polar surface area (TPSA) is 105 Å². The van der Waals surface area contributed by atoms with Gasteiger partial charge in [-0.3, -0.25) is 9.59 Å². The van der Waals surface area contributed by atoms with Crippen LogP contribution in [0.4, 0.5) is 5.69 Å². The van der Waals surface area contributed by atoms with Crippen LogP contribution in [0.3, 0.4) is 0 Å². The molecule has 0 radical (unpaired) electrons. The molecule has 0 atom stereocenters. The Morgan fingerprint density at radius 3 is 2.48 bits per heavy atom. The second-order valence-corrected chi connectivity index (χ2v) is 5.22. The summed E-state index contributed by atoms with van der Waals surface area (Å²) in [5.41, 5.74) is 1.43. The first-order valence-electron chi connectivity index (χ1n) is 7.46. The average Bonchev–Trinajstić information content (AvgIpc) is 2.61. The van der Waals surface area contributed by atoms with Crippen molar-refractivity contribution in [3.63, 3.8) is 0 Å². The van der Waals surface area contributed by atoms with Crippen LogP contribution in [0.25, 0.3) is 0 Å². The number of rotatable bonds is 6. The van der Waals surface area contributed by atoms with Gasteiger partial charge in [-0.2, -0.15) is 0 Å². The number of nitrogens with one attached hydrogen (secondary N) is 2. The fourth-order valence-corrected chi connectivity index (χ4v) is 2.29. The lowest BCUT2D eigenvalue weighted by Crippen LogP contribution is -2.19. The molecule has 2 aromatic carbocycles. The highest BCUT2D eigenvalue weighted by atomic mass is 16.5. The quantitative estimate of drug-likeness (QED) is 0.744. The van der Waals surface area contributed by atoms with E-state index in [1.807, 2.05) is 0 Å². The van der Waals surface area contributed by atoms with Crippen molar-refractivity contribution in [3.8, 4) is 5.75 Å². The molecule has 2 rings (SSSR count). The van der Waals surface area contributed by atoms with E-state index in [4.69, 9.17) is 9.84 Å². The highest BCUT2D eigenvalue weighted by Crippen LogP contribution is 2.25. The number of hydrogen-bond donors (Lipinski definition) is 3. The number of methoxy groups -OCH3 is 1. The normalized spacial score (nSPS) is 10.0. The number of carboxylic acids is 1. The second-order valence-electron chi connectivity index (χ2n) is 5.22. The SMILES string of the molecule is CNC(=O)c1ccc(OC)c(NC(=O)Cc2cccc(C(=O)O)c2)c1. The van der Waals surface area contributed by atoms with Gasteiger partial charge in [-0.15, -0.1) is 0 Å². The molecule has 0 saturated carbocycles. The summed E-state index contributed by atoms with van der Waals surface area (Å²) >= 11 is 0. The second kappa shape index (κ2) is 7.96. The number of ether oxygens (including phenoxy) is 1. The molecule has 0 fully saturated rings. The molecule has 2 aromatic rings. The number of hydrogen-bond acceptors (Lipinski definition) is 4. The van der Waals surface area contributed by atoms with Crippen LogP contribution in [-0.2, 0) is 11.2 Å². The van der Waals surface area contributed by atoms with E-state index in [0.29, 0.717) is 22.6 Å². The van der Waals surface area contributed by atoms with Crippen molar-refractivity contribution < 1.29 is 24.2 Å². The van der Waals surface area contributed by atoms with Gasteiger partial charge in [0.05, 0.1) is 24.8 Å². The maximum Gasteiger partial charge on any atom is 0.335 e. The smallest absolute Gasteiger partial charge is 0.335 e. The summed E-state index contributed by atoms with van der Waals surface area (Å²) < 4.78 is 5.19. The summed E-state index contributed by atoms with van der Waals surface area (Å²) in [6, 6.07) is 10.8. The van der Waals surface area contributed by atoms with Gasteiger partial charge < -0.3 is 20.5 Å². The summed E-state index contributed by atoms with van der Waals surface area (Å²) in [5, 5.41) is 14.2. The lowest BCUT2D eigenvalue weighted by molar-refractivity contribution is -0.115. The molecule has 0 unspecified atom stereocenters. The van der Waals surface area contributed by atoms with Crippen molar-refractivity contribution in [1.29, 1.82) is 0 Å². The lowest BCUT2D eigenvalue weighted by Gasteiger charge is -2.12. The number of aromatic carboxylic acids is 1. The van der Waals surface area contributed by atoms with E-state index in [9.17, 15) is 14.4 Å². The van der Waals surface area contributed by atoms with E-state index < -0.39 is 5.97 Å². The Balaban J connectivity index is 2.18. The average molecular weight is 342 g/mol. The molecule has 7 nitrogen and oxygen atoms in total. The molecular weight excluding hydrogens is 324 g/mol. The van der Waals surface area contributed by atoms with Crippen molar-refractivity contribution in [2.24, 2.45) is 0 Å². The van der Waals surface area contributed by atoms with Crippen LogP contribution in [0.15, 0.2) is 42.5 Å². The third kappa shape index (κ3) is 4.57. The van der Waals surface area contributed by atoms with E-state index in [1.54, 1.807) is 24.3 Å². The Morgan fingerprint density at radius 2 is 1.84 bits per heavy atom. The molecular formula is C18H18N2O5. The molecule has 0 aromatic heterocycles.